The van der Waals surface area contributed by atoms with E-state index in [4.69, 9.17) is 4.74 Å². The molecular formula is C25H38O4. The van der Waals surface area contributed by atoms with Gasteiger partial charge in [-0.1, -0.05) is 20.8 Å². The predicted molar refractivity (Wildman–Crippen MR) is 111 cm³/mol. The lowest BCUT2D eigenvalue weighted by Gasteiger charge is -2.59. The number of ketones is 2. The molecule has 0 aromatic carbocycles. The predicted octanol–water partition coefficient (Wildman–Crippen LogP) is 4.98. The second-order valence-corrected chi connectivity index (χ2v) is 11.2. The number of rotatable bonds is 4. The zero-order valence-electron chi connectivity index (χ0n) is 18.7. The van der Waals surface area contributed by atoms with Gasteiger partial charge in [0.2, 0.25) is 0 Å². The maximum absolute atomic E-state index is 13.4. The molecule has 29 heavy (non-hydrogen) atoms. The van der Waals surface area contributed by atoms with E-state index in [9.17, 15) is 14.4 Å². The molecular weight excluding hydrogens is 364 g/mol. The Kier molecular flexibility index (Phi) is 5.44. The van der Waals surface area contributed by atoms with E-state index in [0.29, 0.717) is 60.9 Å². The van der Waals surface area contributed by atoms with E-state index in [1.165, 1.54) is 20.0 Å². The lowest BCUT2D eigenvalue weighted by Crippen LogP contribution is -2.57. The molecule has 0 bridgehead atoms. The van der Waals surface area contributed by atoms with E-state index in [1.807, 2.05) is 0 Å². The van der Waals surface area contributed by atoms with Crippen molar-refractivity contribution in [1.29, 1.82) is 0 Å². The topological polar surface area (TPSA) is 60.4 Å². The molecule has 4 heteroatoms. The molecule has 0 saturated heterocycles. The van der Waals surface area contributed by atoms with Gasteiger partial charge in [-0.3, -0.25) is 14.4 Å². The zero-order valence-corrected chi connectivity index (χ0v) is 18.7. The standard InChI is InChI=1S/C25H38O4/c1-15(5-8-22(28)29-4)18-6-7-19-23-20(10-12-25(18,19)3)24(2)11-9-17(26)13-16(24)14-21(23)27/h15-16,18-20,23H,5-14H2,1-4H3. The number of hydrogen-bond acceptors (Lipinski definition) is 4. The monoisotopic (exact) mass is 402 g/mol. The van der Waals surface area contributed by atoms with Crippen LogP contribution in [0.3, 0.4) is 0 Å². The first-order chi connectivity index (χ1) is 13.7. The highest BCUT2D eigenvalue weighted by Gasteiger charge is 2.63. The minimum atomic E-state index is -0.117. The normalized spacial score (nSPS) is 45.2. The SMILES string of the molecule is COC(=O)CCC(C)C1CCC2C3C(=O)CC4CC(=O)CCC4(C)C3CCC12C. The Hall–Kier alpha value is -1.19. The van der Waals surface area contributed by atoms with Gasteiger partial charge in [0.05, 0.1) is 7.11 Å². The molecule has 4 aliphatic carbocycles. The van der Waals surface area contributed by atoms with Crippen molar-refractivity contribution >= 4 is 17.5 Å². The average Bonchev–Trinajstić information content (AvgIpc) is 3.04. The van der Waals surface area contributed by atoms with E-state index in [1.54, 1.807) is 0 Å². The van der Waals surface area contributed by atoms with Crippen LogP contribution < -0.4 is 0 Å². The van der Waals surface area contributed by atoms with Crippen LogP contribution in [0, 0.1) is 46.3 Å². The van der Waals surface area contributed by atoms with Gasteiger partial charge in [-0.05, 0) is 78.9 Å². The second-order valence-electron chi connectivity index (χ2n) is 11.2. The first-order valence-electron chi connectivity index (χ1n) is 11.8. The Bertz CT molecular complexity index is 699. The van der Waals surface area contributed by atoms with Gasteiger partial charge < -0.3 is 4.74 Å². The molecule has 8 atom stereocenters. The Morgan fingerprint density at radius 1 is 1.07 bits per heavy atom. The molecule has 4 saturated carbocycles. The summed E-state index contributed by atoms with van der Waals surface area (Å²) in [6.07, 6.45) is 8.96. The van der Waals surface area contributed by atoms with Crippen LogP contribution in [0.4, 0.5) is 0 Å². The van der Waals surface area contributed by atoms with Crippen LogP contribution in [0.2, 0.25) is 0 Å². The lowest BCUT2D eigenvalue weighted by atomic mass is 9.44. The number of carbonyl (C=O) groups is 3. The van der Waals surface area contributed by atoms with Crippen molar-refractivity contribution < 1.29 is 19.1 Å². The number of esters is 1. The summed E-state index contributed by atoms with van der Waals surface area (Å²) in [5, 5.41) is 0. The van der Waals surface area contributed by atoms with Crippen molar-refractivity contribution in [2.45, 2.75) is 85.0 Å². The van der Waals surface area contributed by atoms with Gasteiger partial charge in [0.1, 0.15) is 11.6 Å². The molecule has 8 unspecified atom stereocenters. The molecule has 4 rings (SSSR count). The van der Waals surface area contributed by atoms with E-state index in [-0.39, 0.29) is 28.6 Å². The van der Waals surface area contributed by atoms with Crippen LogP contribution >= 0.6 is 0 Å². The fourth-order valence-corrected chi connectivity index (χ4v) is 8.35. The number of ether oxygens (including phenoxy) is 1. The Morgan fingerprint density at radius 2 is 1.79 bits per heavy atom. The van der Waals surface area contributed by atoms with Crippen LogP contribution in [0.1, 0.15) is 85.0 Å². The summed E-state index contributed by atoms with van der Waals surface area (Å²) in [5.41, 5.74) is 0.377. The minimum Gasteiger partial charge on any atom is -0.469 e. The number of methoxy groups -OCH3 is 1. The smallest absolute Gasteiger partial charge is 0.305 e. The van der Waals surface area contributed by atoms with Crippen LogP contribution in [0.25, 0.3) is 0 Å². The van der Waals surface area contributed by atoms with Crippen molar-refractivity contribution in [2.75, 3.05) is 7.11 Å². The first-order valence-corrected chi connectivity index (χ1v) is 11.8. The summed E-state index contributed by atoms with van der Waals surface area (Å²) in [5.74, 6) is 3.18. The van der Waals surface area contributed by atoms with Crippen molar-refractivity contribution in [2.24, 2.45) is 46.3 Å². The highest BCUT2D eigenvalue weighted by atomic mass is 16.5. The average molecular weight is 403 g/mol. The molecule has 0 amide bonds. The molecule has 0 spiro atoms. The highest BCUT2D eigenvalue weighted by molar-refractivity contribution is 5.86. The van der Waals surface area contributed by atoms with Crippen LogP contribution in [0.15, 0.2) is 0 Å². The fraction of sp³-hybridized carbons (Fsp3) is 0.880. The summed E-state index contributed by atoms with van der Waals surface area (Å²) < 4.78 is 4.84. The Labute approximate surface area is 175 Å². The summed E-state index contributed by atoms with van der Waals surface area (Å²) >= 11 is 0. The van der Waals surface area contributed by atoms with Crippen LogP contribution in [0.5, 0.6) is 0 Å². The molecule has 0 N–H and O–H groups in total. The molecule has 4 nitrogen and oxygen atoms in total. The Morgan fingerprint density at radius 3 is 2.52 bits per heavy atom. The summed E-state index contributed by atoms with van der Waals surface area (Å²) in [4.78, 5) is 37.1. The third-order valence-electron chi connectivity index (χ3n) is 10.1. The van der Waals surface area contributed by atoms with Gasteiger partial charge in [0.25, 0.3) is 0 Å². The fourth-order valence-electron chi connectivity index (χ4n) is 8.35. The largest absolute Gasteiger partial charge is 0.469 e. The van der Waals surface area contributed by atoms with E-state index >= 15 is 0 Å². The van der Waals surface area contributed by atoms with E-state index in [0.717, 1.165) is 25.7 Å². The minimum absolute atomic E-state index is 0.117. The third kappa shape index (κ3) is 3.29. The zero-order chi connectivity index (χ0) is 21.0. The molecule has 4 aliphatic rings. The van der Waals surface area contributed by atoms with Gasteiger partial charge in [-0.15, -0.1) is 0 Å². The van der Waals surface area contributed by atoms with Gasteiger partial charge >= 0.3 is 5.97 Å². The van der Waals surface area contributed by atoms with E-state index < -0.39 is 0 Å². The number of Topliss-reactive ketones (excluding diaryl/α,β-unsaturated/α-hetero) is 2. The van der Waals surface area contributed by atoms with Gasteiger partial charge in [-0.25, -0.2) is 0 Å². The number of carbonyl (C=O) groups excluding carboxylic acids is 3. The van der Waals surface area contributed by atoms with Crippen molar-refractivity contribution in [3.63, 3.8) is 0 Å². The summed E-state index contributed by atoms with van der Waals surface area (Å²) in [7, 11) is 1.46. The molecule has 0 aliphatic heterocycles. The molecule has 0 heterocycles. The molecule has 0 radical (unpaired) electrons. The van der Waals surface area contributed by atoms with Crippen LogP contribution in [-0.2, 0) is 19.1 Å². The first kappa shape index (κ1) is 21.1. The molecule has 4 fully saturated rings. The Balaban J connectivity index is 1.54. The summed E-state index contributed by atoms with van der Waals surface area (Å²) in [6.45, 7) is 7.12. The van der Waals surface area contributed by atoms with Crippen molar-refractivity contribution in [1.82, 2.24) is 0 Å². The molecule has 0 aromatic heterocycles. The number of fused-ring (bicyclic) bond motifs is 5. The lowest BCUT2D eigenvalue weighted by molar-refractivity contribution is -0.159. The maximum Gasteiger partial charge on any atom is 0.305 e. The third-order valence-corrected chi connectivity index (χ3v) is 10.1. The molecule has 162 valence electrons. The van der Waals surface area contributed by atoms with Crippen molar-refractivity contribution in [3.8, 4) is 0 Å². The number of hydrogen-bond donors (Lipinski definition) is 0. The van der Waals surface area contributed by atoms with Gasteiger partial charge in [0, 0.05) is 31.6 Å². The maximum atomic E-state index is 13.4. The summed E-state index contributed by atoms with van der Waals surface area (Å²) in [6, 6.07) is 0. The van der Waals surface area contributed by atoms with Gasteiger partial charge in [-0.2, -0.15) is 0 Å². The van der Waals surface area contributed by atoms with Gasteiger partial charge in [0.15, 0.2) is 0 Å². The van der Waals surface area contributed by atoms with Crippen molar-refractivity contribution in [3.05, 3.63) is 0 Å². The van der Waals surface area contributed by atoms with E-state index in [2.05, 4.69) is 20.8 Å². The molecule has 0 aromatic rings. The highest BCUT2D eigenvalue weighted by Crippen LogP contribution is 2.67. The quantitative estimate of drug-likeness (QED) is 0.622. The second kappa shape index (κ2) is 7.50. The van der Waals surface area contributed by atoms with Crippen LogP contribution in [-0.4, -0.2) is 24.6 Å².